The van der Waals surface area contributed by atoms with E-state index in [9.17, 15) is 0 Å². The van der Waals surface area contributed by atoms with E-state index in [1.807, 2.05) is 0 Å². The summed E-state index contributed by atoms with van der Waals surface area (Å²) in [5, 5.41) is 0. The molecule has 0 unspecified atom stereocenters. The van der Waals surface area contributed by atoms with E-state index in [0.29, 0.717) is 0 Å². The molecule has 0 heterocycles. The Morgan fingerprint density at radius 2 is 0.333 bits per heavy atom. The fourth-order valence-corrected chi connectivity index (χ4v) is 0. The Morgan fingerprint density at radius 3 is 0.333 bits per heavy atom. The summed E-state index contributed by atoms with van der Waals surface area (Å²) in [6, 6.07) is 0. The first-order valence-electron chi connectivity index (χ1n) is 0. The molecule has 9 heteroatoms. The van der Waals surface area contributed by atoms with E-state index in [-0.39, 0.29) is 106 Å². The van der Waals surface area contributed by atoms with Crippen molar-refractivity contribution < 1.29 is 106 Å². The third kappa shape index (κ3) is 133. The summed E-state index contributed by atoms with van der Waals surface area (Å²) >= 11 is 0. The van der Waals surface area contributed by atoms with Crippen molar-refractivity contribution in [3.05, 3.63) is 0 Å². The standard InChI is InChI=1S/2Fe.5O.2Ta/q;;5*-2;2*+5. The molecule has 0 bridgehead atoms. The average molecular weight is 554 g/mol. The summed E-state index contributed by atoms with van der Waals surface area (Å²) in [4.78, 5) is 0. The number of hydrogen-bond donors (Lipinski definition) is 0. The van der Waals surface area contributed by atoms with Crippen LogP contribution in [0.3, 0.4) is 0 Å². The fourth-order valence-electron chi connectivity index (χ4n) is 0. The Bertz CT molecular complexity index is 12.9. The van der Waals surface area contributed by atoms with Gasteiger partial charge in [0.05, 0.1) is 0 Å². The third-order valence-electron chi connectivity index (χ3n) is 0. The molecule has 56 valence electrons. The minimum Gasteiger partial charge on any atom is -2.00 e. The van der Waals surface area contributed by atoms with E-state index in [4.69, 9.17) is 0 Å². The van der Waals surface area contributed by atoms with Gasteiger partial charge < -0.3 is 27.4 Å². The van der Waals surface area contributed by atoms with Crippen LogP contribution in [-0.2, 0) is 106 Å². The van der Waals surface area contributed by atoms with E-state index in [0.717, 1.165) is 0 Å². The van der Waals surface area contributed by atoms with Gasteiger partial charge in [0.1, 0.15) is 0 Å². The Balaban J connectivity index is 0. The minimum atomic E-state index is 0. The van der Waals surface area contributed by atoms with Gasteiger partial charge in [0.25, 0.3) is 0 Å². The molecular formula is Fe2O5Ta2. The van der Waals surface area contributed by atoms with E-state index >= 15 is 0 Å². The molecule has 9 heavy (non-hydrogen) atoms. The van der Waals surface area contributed by atoms with Gasteiger partial charge in [-0.2, -0.15) is 0 Å². The molecule has 0 radical (unpaired) electrons. The monoisotopic (exact) mass is 554 g/mol. The molecule has 0 atom stereocenters. The van der Waals surface area contributed by atoms with Crippen molar-refractivity contribution in [3.63, 3.8) is 0 Å². The molecule has 0 aliphatic carbocycles. The van der Waals surface area contributed by atoms with E-state index in [1.165, 1.54) is 0 Å². The molecular weight excluding hydrogens is 554 g/mol. The van der Waals surface area contributed by atoms with Crippen LogP contribution in [0.1, 0.15) is 0 Å². The van der Waals surface area contributed by atoms with Crippen molar-refractivity contribution in [1.29, 1.82) is 0 Å². The van der Waals surface area contributed by atoms with Crippen LogP contribution in [0.4, 0.5) is 0 Å². The Hall–Kier alpha value is 2.32. The van der Waals surface area contributed by atoms with Crippen molar-refractivity contribution in [2.75, 3.05) is 0 Å². The Morgan fingerprint density at radius 1 is 0.333 bits per heavy atom. The summed E-state index contributed by atoms with van der Waals surface area (Å²) in [5.74, 6) is 0. The van der Waals surface area contributed by atoms with Crippen LogP contribution in [0.2, 0.25) is 0 Å². The molecule has 0 aromatic carbocycles. The molecule has 0 aromatic heterocycles. The van der Waals surface area contributed by atoms with Gasteiger partial charge in [-0.1, -0.05) is 0 Å². The van der Waals surface area contributed by atoms with Crippen LogP contribution in [0.15, 0.2) is 0 Å². The zero-order chi connectivity index (χ0) is 0. The largest absolute Gasteiger partial charge is 5.00 e. The normalized spacial score (nSPS) is 0. The zero-order valence-electron chi connectivity index (χ0n) is 3.64. The van der Waals surface area contributed by atoms with Gasteiger partial charge in [0, 0.05) is 34.1 Å². The summed E-state index contributed by atoms with van der Waals surface area (Å²) in [5.41, 5.74) is 0. The zero-order valence-corrected chi connectivity index (χ0v) is 12.3. The topological polar surface area (TPSA) is 142 Å². The maximum Gasteiger partial charge on any atom is 5.00 e. The molecule has 0 fully saturated rings. The maximum atomic E-state index is 0. The van der Waals surface area contributed by atoms with Crippen LogP contribution >= 0.6 is 0 Å². The van der Waals surface area contributed by atoms with Gasteiger partial charge in [-0.25, -0.2) is 0 Å². The van der Waals surface area contributed by atoms with Crippen LogP contribution in [-0.4, -0.2) is 0 Å². The summed E-state index contributed by atoms with van der Waals surface area (Å²) < 4.78 is 0. The molecule has 0 aliphatic rings. The van der Waals surface area contributed by atoms with E-state index in [1.54, 1.807) is 0 Å². The second kappa shape index (κ2) is 167. The van der Waals surface area contributed by atoms with Crippen molar-refractivity contribution in [1.82, 2.24) is 0 Å². The van der Waals surface area contributed by atoms with Gasteiger partial charge in [-0.3, -0.25) is 0 Å². The smallest absolute Gasteiger partial charge is 2.00 e. The molecule has 0 rings (SSSR count). The number of rotatable bonds is 0. The SMILES string of the molecule is [Fe].[Fe].[O-2].[O-2].[O-2].[O-2].[O-2].[Ta+5].[Ta+5]. The molecule has 5 nitrogen and oxygen atoms in total. The second-order valence-electron chi connectivity index (χ2n) is 0. The van der Waals surface area contributed by atoms with E-state index < -0.39 is 0 Å². The van der Waals surface area contributed by atoms with Crippen molar-refractivity contribution >= 4 is 0 Å². The first-order valence-corrected chi connectivity index (χ1v) is 0. The average Bonchev–Trinajstić information content (AvgIpc) is 0. The first kappa shape index (κ1) is 224. The van der Waals surface area contributed by atoms with Gasteiger partial charge >= 0.3 is 44.8 Å². The van der Waals surface area contributed by atoms with Gasteiger partial charge in [0.15, 0.2) is 0 Å². The quantitative estimate of drug-likeness (QED) is 0.353. The molecule has 0 saturated carbocycles. The first-order chi connectivity index (χ1) is 0. The van der Waals surface area contributed by atoms with Gasteiger partial charge in [-0.05, 0) is 0 Å². The molecule has 0 spiro atoms. The Kier molecular flexibility index (Phi) is 4150. The van der Waals surface area contributed by atoms with Crippen LogP contribution in [0.25, 0.3) is 0 Å². The third-order valence-corrected chi connectivity index (χ3v) is 0. The fraction of sp³-hybridized carbons (Fsp3) is 0. The number of hydrogen-bond acceptors (Lipinski definition) is 0. The van der Waals surface area contributed by atoms with Crippen LogP contribution < -0.4 is 0 Å². The second-order valence-corrected chi connectivity index (χ2v) is 0. The van der Waals surface area contributed by atoms with Crippen molar-refractivity contribution in [3.8, 4) is 0 Å². The molecule has 0 aromatic rings. The Labute approximate surface area is 105 Å². The summed E-state index contributed by atoms with van der Waals surface area (Å²) in [7, 11) is 0. The van der Waals surface area contributed by atoms with Gasteiger partial charge in [0.2, 0.25) is 0 Å². The summed E-state index contributed by atoms with van der Waals surface area (Å²) in [6.07, 6.45) is 0. The molecule has 0 aliphatic heterocycles. The minimum absolute atomic E-state index is 0. The maximum absolute atomic E-state index is 0. The van der Waals surface area contributed by atoms with Crippen molar-refractivity contribution in [2.45, 2.75) is 0 Å². The van der Waals surface area contributed by atoms with Crippen LogP contribution in [0, 0.1) is 0 Å². The predicted octanol–water partition coefficient (Wildman–Crippen LogP) is -0.604. The molecule has 0 N–H and O–H groups in total. The summed E-state index contributed by atoms with van der Waals surface area (Å²) in [6.45, 7) is 0. The van der Waals surface area contributed by atoms with Gasteiger partial charge in [-0.15, -0.1) is 0 Å². The van der Waals surface area contributed by atoms with Crippen molar-refractivity contribution in [2.24, 2.45) is 0 Å². The van der Waals surface area contributed by atoms with E-state index in [2.05, 4.69) is 0 Å². The van der Waals surface area contributed by atoms with Crippen LogP contribution in [0.5, 0.6) is 0 Å². The molecule has 0 amide bonds. The molecule has 0 saturated heterocycles. The predicted molar refractivity (Wildman–Crippen MR) is 3.43 cm³/mol.